The summed E-state index contributed by atoms with van der Waals surface area (Å²) in [5, 5.41) is 0. The van der Waals surface area contributed by atoms with E-state index in [4.69, 9.17) is 0 Å². The highest BCUT2D eigenvalue weighted by Gasteiger charge is 2.32. The molecule has 0 atom stereocenters. The van der Waals surface area contributed by atoms with E-state index in [-0.39, 0.29) is 0 Å². The summed E-state index contributed by atoms with van der Waals surface area (Å²) in [5.41, 5.74) is -0.496. The molecule has 1 aromatic rings. The molecular weight excluding hydrogens is 276 g/mol. The van der Waals surface area contributed by atoms with Crippen molar-refractivity contribution in [1.82, 2.24) is 9.80 Å². The van der Waals surface area contributed by atoms with Crippen molar-refractivity contribution in [3.05, 3.63) is 35.4 Å². The molecule has 4 nitrogen and oxygen atoms in total. The third-order valence-electron chi connectivity index (χ3n) is 3.88. The number of benzene rings is 1. The molecule has 0 unspecified atom stereocenters. The summed E-state index contributed by atoms with van der Waals surface area (Å²) < 4.78 is 27.6. The van der Waals surface area contributed by atoms with Crippen molar-refractivity contribution in [1.29, 1.82) is 0 Å². The second kappa shape index (κ2) is 5.79. The maximum absolute atomic E-state index is 13.8. The first kappa shape index (κ1) is 14.0. The van der Waals surface area contributed by atoms with Crippen LogP contribution in [0.15, 0.2) is 23.2 Å². The summed E-state index contributed by atoms with van der Waals surface area (Å²) >= 11 is 0. The highest BCUT2D eigenvalue weighted by Crippen LogP contribution is 2.19. The number of hydrogen-bond acceptors (Lipinski definition) is 3. The standard InChI is InChI=1S/C15H17F2N3O/c16-11-5-4-6-12(17)13(11)14(21)20-10-7-18-15(20)19-8-2-1-3-9-19/h4-6H,1-3,7-10H2. The summed E-state index contributed by atoms with van der Waals surface area (Å²) in [7, 11) is 0. The van der Waals surface area contributed by atoms with Crippen molar-refractivity contribution in [2.75, 3.05) is 26.2 Å². The largest absolute Gasteiger partial charge is 0.342 e. The minimum atomic E-state index is -0.829. The predicted molar refractivity (Wildman–Crippen MR) is 75.1 cm³/mol. The summed E-state index contributed by atoms with van der Waals surface area (Å²) in [4.78, 5) is 20.3. The predicted octanol–water partition coefficient (Wildman–Crippen LogP) is 2.26. The van der Waals surface area contributed by atoms with Gasteiger partial charge in [-0.25, -0.2) is 8.78 Å². The number of aliphatic imine (C=N–C) groups is 1. The van der Waals surface area contributed by atoms with Gasteiger partial charge in [0.1, 0.15) is 17.2 Å². The number of piperidine rings is 1. The molecule has 2 heterocycles. The Morgan fingerprint density at radius 1 is 1.05 bits per heavy atom. The van der Waals surface area contributed by atoms with E-state index < -0.39 is 23.1 Å². The van der Waals surface area contributed by atoms with E-state index in [0.717, 1.165) is 38.1 Å². The third-order valence-corrected chi connectivity index (χ3v) is 3.88. The van der Waals surface area contributed by atoms with Crippen molar-refractivity contribution in [2.45, 2.75) is 19.3 Å². The lowest BCUT2D eigenvalue weighted by atomic mass is 10.1. The zero-order valence-corrected chi connectivity index (χ0v) is 11.7. The Labute approximate surface area is 122 Å². The van der Waals surface area contributed by atoms with Crippen LogP contribution in [-0.2, 0) is 0 Å². The summed E-state index contributed by atoms with van der Waals surface area (Å²) in [6.07, 6.45) is 3.27. The summed E-state index contributed by atoms with van der Waals surface area (Å²) in [6, 6.07) is 3.46. The van der Waals surface area contributed by atoms with Gasteiger partial charge in [-0.3, -0.25) is 14.7 Å². The number of carbonyl (C=O) groups is 1. The minimum Gasteiger partial charge on any atom is -0.342 e. The Morgan fingerprint density at radius 2 is 1.71 bits per heavy atom. The van der Waals surface area contributed by atoms with Crippen molar-refractivity contribution < 1.29 is 13.6 Å². The van der Waals surface area contributed by atoms with Crippen LogP contribution in [0.25, 0.3) is 0 Å². The van der Waals surface area contributed by atoms with Gasteiger partial charge in [0.05, 0.1) is 6.54 Å². The zero-order chi connectivity index (χ0) is 14.8. The second-order valence-electron chi connectivity index (χ2n) is 5.28. The van der Waals surface area contributed by atoms with Crippen LogP contribution in [-0.4, -0.2) is 47.8 Å². The van der Waals surface area contributed by atoms with E-state index in [9.17, 15) is 13.6 Å². The lowest BCUT2D eigenvalue weighted by molar-refractivity contribution is 0.0832. The Kier molecular flexibility index (Phi) is 3.86. The van der Waals surface area contributed by atoms with Gasteiger partial charge in [0.15, 0.2) is 0 Å². The average molecular weight is 293 g/mol. The highest BCUT2D eigenvalue weighted by atomic mass is 19.1. The van der Waals surface area contributed by atoms with Gasteiger partial charge in [-0.15, -0.1) is 0 Å². The van der Waals surface area contributed by atoms with Gasteiger partial charge < -0.3 is 4.90 Å². The Balaban J connectivity index is 1.85. The third kappa shape index (κ3) is 2.62. The fourth-order valence-corrected chi connectivity index (χ4v) is 2.83. The van der Waals surface area contributed by atoms with Gasteiger partial charge in [0.25, 0.3) is 5.91 Å². The summed E-state index contributed by atoms with van der Waals surface area (Å²) in [6.45, 7) is 2.52. The van der Waals surface area contributed by atoms with Gasteiger partial charge in [0, 0.05) is 19.6 Å². The molecule has 1 saturated heterocycles. The van der Waals surface area contributed by atoms with Crippen LogP contribution < -0.4 is 0 Å². The number of amides is 1. The molecule has 1 amide bonds. The quantitative estimate of drug-likeness (QED) is 0.796. The van der Waals surface area contributed by atoms with Gasteiger partial charge >= 0.3 is 0 Å². The fourth-order valence-electron chi connectivity index (χ4n) is 2.83. The Morgan fingerprint density at radius 3 is 2.38 bits per heavy atom. The van der Waals surface area contributed by atoms with Crippen LogP contribution >= 0.6 is 0 Å². The summed E-state index contributed by atoms with van der Waals surface area (Å²) in [5.74, 6) is -1.75. The molecule has 0 saturated carbocycles. The Hall–Kier alpha value is -1.98. The molecule has 21 heavy (non-hydrogen) atoms. The lowest BCUT2D eigenvalue weighted by Crippen LogP contribution is -2.47. The van der Waals surface area contributed by atoms with E-state index >= 15 is 0 Å². The molecule has 6 heteroatoms. The first-order valence-electron chi connectivity index (χ1n) is 7.24. The molecule has 1 fully saturated rings. The van der Waals surface area contributed by atoms with Gasteiger partial charge in [0.2, 0.25) is 5.96 Å². The molecular formula is C15H17F2N3O. The molecule has 1 aromatic carbocycles. The number of rotatable bonds is 1. The van der Waals surface area contributed by atoms with Crippen LogP contribution in [0.5, 0.6) is 0 Å². The molecule has 0 aromatic heterocycles. The number of likely N-dealkylation sites (tertiary alicyclic amines) is 1. The van der Waals surface area contributed by atoms with Gasteiger partial charge in [-0.1, -0.05) is 6.07 Å². The molecule has 3 rings (SSSR count). The molecule has 0 bridgehead atoms. The lowest BCUT2D eigenvalue weighted by Gasteiger charge is -2.32. The maximum Gasteiger partial charge on any atom is 0.266 e. The Bertz CT molecular complexity index is 562. The van der Waals surface area contributed by atoms with E-state index in [2.05, 4.69) is 4.99 Å². The maximum atomic E-state index is 13.8. The van der Waals surface area contributed by atoms with Crippen LogP contribution in [0.1, 0.15) is 29.6 Å². The van der Waals surface area contributed by atoms with Crippen molar-refractivity contribution in [3.63, 3.8) is 0 Å². The van der Waals surface area contributed by atoms with E-state index in [0.29, 0.717) is 19.0 Å². The first-order valence-corrected chi connectivity index (χ1v) is 7.24. The van der Waals surface area contributed by atoms with Crippen LogP contribution in [0.4, 0.5) is 8.78 Å². The van der Waals surface area contributed by atoms with E-state index in [1.54, 1.807) is 0 Å². The number of nitrogens with zero attached hydrogens (tertiary/aromatic N) is 3. The van der Waals surface area contributed by atoms with Crippen molar-refractivity contribution in [3.8, 4) is 0 Å². The smallest absolute Gasteiger partial charge is 0.266 e. The van der Waals surface area contributed by atoms with E-state index in [1.807, 2.05) is 4.90 Å². The number of guanidine groups is 1. The molecule has 2 aliphatic heterocycles. The van der Waals surface area contributed by atoms with Crippen molar-refractivity contribution in [2.24, 2.45) is 4.99 Å². The monoisotopic (exact) mass is 293 g/mol. The molecule has 0 N–H and O–H groups in total. The molecule has 2 aliphatic rings. The normalized spacial score (nSPS) is 18.9. The number of carbonyl (C=O) groups excluding carboxylic acids is 1. The highest BCUT2D eigenvalue weighted by molar-refractivity contribution is 6.06. The second-order valence-corrected chi connectivity index (χ2v) is 5.28. The average Bonchev–Trinajstić information content (AvgIpc) is 2.97. The number of halogens is 2. The first-order chi connectivity index (χ1) is 10.2. The van der Waals surface area contributed by atoms with Gasteiger partial charge in [-0.05, 0) is 31.4 Å². The molecule has 0 spiro atoms. The van der Waals surface area contributed by atoms with Crippen molar-refractivity contribution >= 4 is 11.9 Å². The number of hydrogen-bond donors (Lipinski definition) is 0. The van der Waals surface area contributed by atoms with Crippen LogP contribution in [0, 0.1) is 11.6 Å². The fraction of sp³-hybridized carbons (Fsp3) is 0.467. The SMILES string of the molecule is O=C(c1c(F)cccc1F)N1CCN=C1N1CCCCC1. The van der Waals surface area contributed by atoms with Gasteiger partial charge in [-0.2, -0.15) is 0 Å². The topological polar surface area (TPSA) is 35.9 Å². The molecule has 0 aliphatic carbocycles. The van der Waals surface area contributed by atoms with E-state index in [1.165, 1.54) is 17.4 Å². The minimum absolute atomic E-state index is 0.373. The molecule has 0 radical (unpaired) electrons. The molecule has 112 valence electrons. The zero-order valence-electron chi connectivity index (χ0n) is 11.7. The van der Waals surface area contributed by atoms with Crippen LogP contribution in [0.3, 0.4) is 0 Å². The van der Waals surface area contributed by atoms with Crippen LogP contribution in [0.2, 0.25) is 0 Å².